The summed E-state index contributed by atoms with van der Waals surface area (Å²) in [4.78, 5) is 11.5. The molecule has 5 nitrogen and oxygen atoms in total. The second kappa shape index (κ2) is 5.95. The van der Waals surface area contributed by atoms with Crippen LogP contribution in [0.25, 0.3) is 0 Å². The van der Waals surface area contributed by atoms with Crippen LogP contribution in [0.4, 0.5) is 0 Å². The summed E-state index contributed by atoms with van der Waals surface area (Å²) in [6, 6.07) is 1.61. The highest BCUT2D eigenvalue weighted by atomic mass is 32.1. The fourth-order valence-electron chi connectivity index (χ4n) is 1.32. The van der Waals surface area contributed by atoms with E-state index in [1.165, 1.54) is 18.4 Å². The minimum absolute atomic E-state index is 0.199. The van der Waals surface area contributed by atoms with Crippen LogP contribution in [-0.4, -0.2) is 34.5 Å². The molecule has 0 aliphatic rings. The Morgan fingerprint density at radius 1 is 1.56 bits per heavy atom. The Morgan fingerprint density at radius 2 is 2.25 bits per heavy atom. The first-order valence-corrected chi connectivity index (χ1v) is 5.58. The molecule has 0 saturated heterocycles. The third-order valence-corrected chi connectivity index (χ3v) is 3.13. The molecule has 3 N–H and O–H groups in total. The third kappa shape index (κ3) is 3.02. The average molecular weight is 246 g/mol. The first-order chi connectivity index (χ1) is 7.60. The van der Waals surface area contributed by atoms with E-state index < -0.39 is 18.2 Å². The van der Waals surface area contributed by atoms with Crippen molar-refractivity contribution in [2.24, 2.45) is 0 Å². The monoisotopic (exact) mass is 246 g/mol. The summed E-state index contributed by atoms with van der Waals surface area (Å²) in [5, 5.41) is 30.1. The number of aliphatic hydroxyl groups excluding tert-OH is 3. The van der Waals surface area contributed by atoms with Crippen molar-refractivity contribution in [1.82, 2.24) is 0 Å². The van der Waals surface area contributed by atoms with Gasteiger partial charge in [0.25, 0.3) is 0 Å². The molecule has 1 aromatic heterocycles. The molecule has 1 aromatic rings. The van der Waals surface area contributed by atoms with E-state index in [4.69, 9.17) is 5.11 Å². The minimum atomic E-state index is -1.23. The molecule has 0 aliphatic carbocycles. The summed E-state index contributed by atoms with van der Waals surface area (Å²) in [6.45, 7) is -0.199. The summed E-state index contributed by atoms with van der Waals surface area (Å²) < 4.78 is 4.39. The highest BCUT2D eigenvalue weighted by Gasteiger charge is 2.24. The lowest BCUT2D eigenvalue weighted by molar-refractivity contribution is -0.144. The molecule has 2 atom stereocenters. The van der Waals surface area contributed by atoms with E-state index in [1.54, 1.807) is 11.4 Å². The Balaban J connectivity index is 2.70. The van der Waals surface area contributed by atoms with Crippen molar-refractivity contribution in [3.8, 4) is 0 Å². The molecule has 0 radical (unpaired) electrons. The van der Waals surface area contributed by atoms with Crippen LogP contribution in [0.15, 0.2) is 11.4 Å². The Hall–Kier alpha value is -0.950. The van der Waals surface area contributed by atoms with Gasteiger partial charge in [0, 0.05) is 4.88 Å². The maximum atomic E-state index is 10.9. The van der Waals surface area contributed by atoms with E-state index in [9.17, 15) is 15.0 Å². The average Bonchev–Trinajstić information content (AvgIpc) is 2.75. The van der Waals surface area contributed by atoms with E-state index >= 15 is 0 Å². The highest BCUT2D eigenvalue weighted by molar-refractivity contribution is 7.10. The maximum absolute atomic E-state index is 10.9. The molecule has 0 spiro atoms. The van der Waals surface area contributed by atoms with Crippen LogP contribution in [0.3, 0.4) is 0 Å². The van der Waals surface area contributed by atoms with Gasteiger partial charge in [0.1, 0.15) is 6.10 Å². The van der Waals surface area contributed by atoms with Crippen LogP contribution < -0.4 is 0 Å². The van der Waals surface area contributed by atoms with Crippen LogP contribution in [0.1, 0.15) is 23.0 Å². The summed E-state index contributed by atoms with van der Waals surface area (Å²) >= 11 is 1.28. The summed E-state index contributed by atoms with van der Waals surface area (Å²) in [6.07, 6.45) is -2.70. The third-order valence-electron chi connectivity index (χ3n) is 2.21. The van der Waals surface area contributed by atoms with Gasteiger partial charge in [0.05, 0.1) is 26.2 Å². The first-order valence-electron chi connectivity index (χ1n) is 4.70. The van der Waals surface area contributed by atoms with Crippen molar-refractivity contribution in [1.29, 1.82) is 0 Å². The van der Waals surface area contributed by atoms with Gasteiger partial charge in [-0.25, -0.2) is 0 Å². The van der Waals surface area contributed by atoms with Crippen LogP contribution in [0, 0.1) is 0 Å². The van der Waals surface area contributed by atoms with E-state index in [2.05, 4.69) is 4.74 Å². The van der Waals surface area contributed by atoms with Crippen molar-refractivity contribution >= 4 is 17.3 Å². The fourth-order valence-corrected chi connectivity index (χ4v) is 2.09. The molecular weight excluding hydrogens is 232 g/mol. The SMILES string of the molecule is COC(=O)CC(O)C(O)c1ccsc1CO. The zero-order valence-electron chi connectivity index (χ0n) is 8.79. The van der Waals surface area contributed by atoms with Crippen molar-refractivity contribution in [2.75, 3.05) is 7.11 Å². The molecule has 0 saturated carbocycles. The zero-order valence-corrected chi connectivity index (χ0v) is 9.61. The number of rotatable bonds is 5. The molecule has 0 aromatic carbocycles. The Bertz CT molecular complexity index is 349. The predicted molar refractivity (Wildman–Crippen MR) is 57.8 cm³/mol. The lowest BCUT2D eigenvalue weighted by atomic mass is 10.0. The summed E-state index contributed by atoms with van der Waals surface area (Å²) in [5.74, 6) is -0.590. The molecule has 90 valence electrons. The lowest BCUT2D eigenvalue weighted by Gasteiger charge is -2.17. The largest absolute Gasteiger partial charge is 0.469 e. The van der Waals surface area contributed by atoms with Gasteiger partial charge >= 0.3 is 5.97 Å². The number of methoxy groups -OCH3 is 1. The van der Waals surface area contributed by atoms with Gasteiger partial charge in [-0.3, -0.25) is 4.79 Å². The van der Waals surface area contributed by atoms with Gasteiger partial charge in [-0.1, -0.05) is 0 Å². The van der Waals surface area contributed by atoms with E-state index in [0.717, 1.165) is 0 Å². The topological polar surface area (TPSA) is 87.0 Å². The Morgan fingerprint density at radius 3 is 2.81 bits per heavy atom. The molecule has 16 heavy (non-hydrogen) atoms. The second-order valence-corrected chi connectivity index (χ2v) is 4.25. The molecule has 0 bridgehead atoms. The van der Waals surface area contributed by atoms with Crippen LogP contribution in [0.2, 0.25) is 0 Å². The lowest BCUT2D eigenvalue weighted by Crippen LogP contribution is -2.22. The number of carbonyl (C=O) groups is 1. The van der Waals surface area contributed by atoms with Crippen LogP contribution in [-0.2, 0) is 16.1 Å². The van der Waals surface area contributed by atoms with Crippen LogP contribution in [0.5, 0.6) is 0 Å². The number of aliphatic hydroxyl groups is 3. The quantitative estimate of drug-likeness (QED) is 0.646. The molecule has 0 aliphatic heterocycles. The molecular formula is C10H14O5S. The molecule has 2 unspecified atom stereocenters. The standard InChI is InChI=1S/C10H14O5S/c1-15-9(13)4-7(12)10(14)6-2-3-16-8(6)5-11/h2-3,7,10-12,14H,4-5H2,1H3. The normalized spacial score (nSPS) is 14.5. The number of hydrogen-bond acceptors (Lipinski definition) is 6. The molecule has 1 rings (SSSR count). The molecule has 0 fully saturated rings. The van der Waals surface area contributed by atoms with Crippen molar-refractivity contribution in [2.45, 2.75) is 25.2 Å². The smallest absolute Gasteiger partial charge is 0.308 e. The van der Waals surface area contributed by atoms with E-state index in [1.807, 2.05) is 0 Å². The van der Waals surface area contributed by atoms with Crippen molar-refractivity contribution in [3.63, 3.8) is 0 Å². The van der Waals surface area contributed by atoms with E-state index in [0.29, 0.717) is 10.4 Å². The van der Waals surface area contributed by atoms with Crippen molar-refractivity contribution in [3.05, 3.63) is 21.9 Å². The summed E-state index contributed by atoms with van der Waals surface area (Å²) in [5.41, 5.74) is 0.448. The van der Waals surface area contributed by atoms with Gasteiger partial charge in [-0.2, -0.15) is 0 Å². The van der Waals surface area contributed by atoms with Gasteiger partial charge in [-0.15, -0.1) is 11.3 Å². The number of hydrogen-bond donors (Lipinski definition) is 3. The zero-order chi connectivity index (χ0) is 12.1. The predicted octanol–water partition coefficient (Wildman–Crippen LogP) is 0.198. The second-order valence-electron chi connectivity index (χ2n) is 3.25. The highest BCUT2D eigenvalue weighted by Crippen LogP contribution is 2.27. The molecule has 6 heteroatoms. The van der Waals surface area contributed by atoms with Crippen LogP contribution >= 0.6 is 11.3 Å². The minimum Gasteiger partial charge on any atom is -0.469 e. The van der Waals surface area contributed by atoms with Gasteiger partial charge in [0.15, 0.2) is 0 Å². The number of carbonyl (C=O) groups excluding carboxylic acids is 1. The van der Waals surface area contributed by atoms with E-state index in [-0.39, 0.29) is 13.0 Å². The first kappa shape index (κ1) is 13.1. The van der Waals surface area contributed by atoms with Crippen molar-refractivity contribution < 1.29 is 24.9 Å². The van der Waals surface area contributed by atoms with Gasteiger partial charge in [0.2, 0.25) is 0 Å². The Kier molecular flexibility index (Phi) is 4.88. The maximum Gasteiger partial charge on any atom is 0.308 e. The Labute approximate surface area is 96.9 Å². The molecule has 1 heterocycles. The molecule has 0 amide bonds. The number of ether oxygens (including phenoxy) is 1. The number of thiophene rings is 1. The van der Waals surface area contributed by atoms with Gasteiger partial charge < -0.3 is 20.1 Å². The van der Waals surface area contributed by atoms with Gasteiger partial charge in [-0.05, 0) is 17.0 Å². The summed E-state index contributed by atoms with van der Waals surface area (Å²) in [7, 11) is 1.21. The fraction of sp³-hybridized carbons (Fsp3) is 0.500. The number of esters is 1.